The Hall–Kier alpha value is -2.41. The second-order valence-corrected chi connectivity index (χ2v) is 4.15. The number of hydrogen-bond donors (Lipinski definition) is 1. The van der Waals surface area contributed by atoms with E-state index in [4.69, 9.17) is 16.3 Å². The van der Waals surface area contributed by atoms with Gasteiger partial charge in [-0.15, -0.1) is 0 Å². The Bertz CT molecular complexity index is 636. The van der Waals surface area contributed by atoms with E-state index in [1.54, 1.807) is 6.20 Å². The Labute approximate surface area is 119 Å². The molecule has 0 atom stereocenters. The molecule has 7 nitrogen and oxygen atoms in total. The summed E-state index contributed by atoms with van der Waals surface area (Å²) in [6.07, 6.45) is 3.01. The number of rotatable bonds is 5. The zero-order valence-corrected chi connectivity index (χ0v) is 11.3. The highest BCUT2D eigenvalue weighted by Crippen LogP contribution is 2.30. The number of nitro groups is 1. The van der Waals surface area contributed by atoms with Crippen LogP contribution in [0.2, 0.25) is 5.02 Å². The quantitative estimate of drug-likeness (QED) is 0.672. The molecule has 2 rings (SSSR count). The van der Waals surface area contributed by atoms with E-state index < -0.39 is 4.92 Å². The maximum Gasteiger partial charge on any atom is 0.288 e. The summed E-state index contributed by atoms with van der Waals surface area (Å²) in [4.78, 5) is 18.2. The number of benzene rings is 1. The summed E-state index contributed by atoms with van der Waals surface area (Å²) >= 11 is 5.80. The Morgan fingerprint density at radius 3 is 2.90 bits per heavy atom. The van der Waals surface area contributed by atoms with Gasteiger partial charge in [-0.25, -0.2) is 0 Å². The monoisotopic (exact) mass is 294 g/mol. The average Bonchev–Trinajstić information content (AvgIpc) is 2.39. The predicted molar refractivity (Wildman–Crippen MR) is 74.4 cm³/mol. The van der Waals surface area contributed by atoms with E-state index in [2.05, 4.69) is 15.3 Å². The first-order chi connectivity index (χ1) is 9.60. The molecule has 0 saturated heterocycles. The highest BCUT2D eigenvalue weighted by molar-refractivity contribution is 6.32. The summed E-state index contributed by atoms with van der Waals surface area (Å²) in [6.45, 7) is 2.65. The Balaban J connectivity index is 2.19. The number of nitrogens with one attached hydrogen (secondary N) is 1. The van der Waals surface area contributed by atoms with Crippen molar-refractivity contribution in [3.05, 3.63) is 45.7 Å². The molecular weight excluding hydrogens is 284 g/mol. The molecule has 20 heavy (non-hydrogen) atoms. The van der Waals surface area contributed by atoms with Crippen LogP contribution in [0.25, 0.3) is 0 Å². The first-order valence-electron chi connectivity index (χ1n) is 5.78. The van der Waals surface area contributed by atoms with Gasteiger partial charge >= 0.3 is 0 Å². The fraction of sp³-hybridized carbons (Fsp3) is 0.167. The van der Waals surface area contributed by atoms with E-state index in [0.717, 1.165) is 0 Å². The lowest BCUT2D eigenvalue weighted by Gasteiger charge is -2.07. The molecule has 0 bridgehead atoms. The summed E-state index contributed by atoms with van der Waals surface area (Å²) in [6, 6.07) is 4.09. The molecule has 2 aromatic rings. The van der Waals surface area contributed by atoms with E-state index in [9.17, 15) is 10.1 Å². The maximum absolute atomic E-state index is 10.7. The van der Waals surface area contributed by atoms with Gasteiger partial charge in [0.2, 0.25) is 5.88 Å². The summed E-state index contributed by atoms with van der Waals surface area (Å²) < 4.78 is 5.46. The van der Waals surface area contributed by atoms with Crippen LogP contribution in [-0.4, -0.2) is 21.4 Å². The summed E-state index contributed by atoms with van der Waals surface area (Å²) in [5, 5.41) is 13.7. The Morgan fingerprint density at radius 1 is 1.45 bits per heavy atom. The fourth-order valence-electron chi connectivity index (χ4n) is 1.48. The maximum atomic E-state index is 10.7. The molecule has 0 radical (unpaired) electrons. The fourth-order valence-corrected chi connectivity index (χ4v) is 1.72. The molecule has 0 aliphatic carbocycles. The van der Waals surface area contributed by atoms with Gasteiger partial charge < -0.3 is 10.1 Å². The normalized spacial score (nSPS) is 10.1. The Morgan fingerprint density at radius 2 is 2.25 bits per heavy atom. The van der Waals surface area contributed by atoms with E-state index in [0.29, 0.717) is 18.1 Å². The molecule has 1 aromatic heterocycles. The van der Waals surface area contributed by atoms with Gasteiger partial charge in [0.1, 0.15) is 16.6 Å². The second-order valence-electron chi connectivity index (χ2n) is 3.75. The minimum absolute atomic E-state index is 0.00305. The number of aromatic nitrogens is 2. The van der Waals surface area contributed by atoms with Crippen molar-refractivity contribution in [3.8, 4) is 11.6 Å². The molecule has 0 saturated carbocycles. The van der Waals surface area contributed by atoms with Crippen LogP contribution in [0.5, 0.6) is 11.6 Å². The molecule has 0 fully saturated rings. The minimum Gasteiger partial charge on any atom is -0.437 e. The van der Waals surface area contributed by atoms with E-state index in [1.165, 1.54) is 24.4 Å². The molecule has 0 unspecified atom stereocenters. The van der Waals surface area contributed by atoms with Crippen LogP contribution in [-0.2, 0) is 0 Å². The predicted octanol–water partition coefficient (Wildman–Crippen LogP) is 3.26. The van der Waals surface area contributed by atoms with E-state index in [1.807, 2.05) is 6.92 Å². The van der Waals surface area contributed by atoms with Gasteiger partial charge in [0, 0.05) is 18.7 Å². The molecular formula is C12H11ClN4O3. The standard InChI is InChI=1S/C12H11ClN4O3/c1-2-15-11-6-14-7-12(16-11)20-8-3-4-10(17(18)19)9(13)5-8/h3-7H,2H2,1H3,(H,15,16). The van der Waals surface area contributed by atoms with Crippen LogP contribution < -0.4 is 10.1 Å². The molecule has 1 N–H and O–H groups in total. The van der Waals surface area contributed by atoms with Crippen LogP contribution in [0.15, 0.2) is 30.6 Å². The van der Waals surface area contributed by atoms with Crippen molar-refractivity contribution in [3.63, 3.8) is 0 Å². The number of nitro benzene ring substituents is 1. The largest absolute Gasteiger partial charge is 0.437 e. The Kier molecular flexibility index (Phi) is 4.31. The van der Waals surface area contributed by atoms with E-state index in [-0.39, 0.29) is 16.6 Å². The molecule has 1 heterocycles. The highest BCUT2D eigenvalue weighted by atomic mass is 35.5. The van der Waals surface area contributed by atoms with E-state index >= 15 is 0 Å². The average molecular weight is 295 g/mol. The third kappa shape index (κ3) is 3.33. The van der Waals surface area contributed by atoms with Crippen molar-refractivity contribution in [1.82, 2.24) is 9.97 Å². The zero-order valence-electron chi connectivity index (χ0n) is 10.5. The lowest BCUT2D eigenvalue weighted by atomic mass is 10.3. The van der Waals surface area contributed by atoms with Crippen LogP contribution in [0.3, 0.4) is 0 Å². The van der Waals surface area contributed by atoms with Gasteiger partial charge in [-0.2, -0.15) is 4.98 Å². The lowest BCUT2D eigenvalue weighted by Crippen LogP contribution is -2.00. The van der Waals surface area contributed by atoms with Gasteiger partial charge in [0.05, 0.1) is 17.3 Å². The molecule has 0 spiro atoms. The van der Waals surface area contributed by atoms with Crippen molar-refractivity contribution in [2.75, 3.05) is 11.9 Å². The minimum atomic E-state index is -0.558. The first-order valence-corrected chi connectivity index (χ1v) is 6.15. The lowest BCUT2D eigenvalue weighted by molar-refractivity contribution is -0.384. The number of anilines is 1. The molecule has 8 heteroatoms. The molecule has 0 aliphatic rings. The number of nitrogens with zero attached hydrogens (tertiary/aromatic N) is 3. The van der Waals surface area contributed by atoms with Gasteiger partial charge in [-0.3, -0.25) is 15.1 Å². The van der Waals surface area contributed by atoms with Crippen LogP contribution in [0, 0.1) is 10.1 Å². The van der Waals surface area contributed by atoms with Crippen molar-refractivity contribution >= 4 is 23.1 Å². The van der Waals surface area contributed by atoms with Crippen molar-refractivity contribution in [2.24, 2.45) is 0 Å². The van der Waals surface area contributed by atoms with Gasteiger partial charge in [-0.1, -0.05) is 11.6 Å². The molecule has 1 aromatic carbocycles. The first kappa shape index (κ1) is 14.0. The van der Waals surface area contributed by atoms with Crippen LogP contribution in [0.4, 0.5) is 11.5 Å². The number of ether oxygens (including phenoxy) is 1. The number of halogens is 1. The van der Waals surface area contributed by atoms with Gasteiger partial charge in [0.25, 0.3) is 5.69 Å². The van der Waals surface area contributed by atoms with Crippen LogP contribution in [0.1, 0.15) is 6.92 Å². The second kappa shape index (κ2) is 6.16. The van der Waals surface area contributed by atoms with Gasteiger partial charge in [-0.05, 0) is 13.0 Å². The summed E-state index contributed by atoms with van der Waals surface area (Å²) in [5.74, 6) is 1.20. The smallest absolute Gasteiger partial charge is 0.288 e. The molecule has 0 amide bonds. The third-order valence-electron chi connectivity index (χ3n) is 2.31. The highest BCUT2D eigenvalue weighted by Gasteiger charge is 2.13. The van der Waals surface area contributed by atoms with Crippen LogP contribution >= 0.6 is 11.6 Å². The van der Waals surface area contributed by atoms with Gasteiger partial charge in [0.15, 0.2) is 0 Å². The summed E-state index contributed by atoms with van der Waals surface area (Å²) in [5.41, 5.74) is -0.175. The SMILES string of the molecule is CCNc1cncc(Oc2ccc([N+](=O)[O-])c(Cl)c2)n1. The van der Waals surface area contributed by atoms with Crippen molar-refractivity contribution < 1.29 is 9.66 Å². The topological polar surface area (TPSA) is 90.2 Å². The summed E-state index contributed by atoms with van der Waals surface area (Å²) in [7, 11) is 0. The molecule has 0 aliphatic heterocycles. The third-order valence-corrected chi connectivity index (χ3v) is 2.61. The van der Waals surface area contributed by atoms with Crippen molar-refractivity contribution in [2.45, 2.75) is 6.92 Å². The molecule has 104 valence electrons. The number of hydrogen-bond acceptors (Lipinski definition) is 6. The zero-order chi connectivity index (χ0) is 14.5. The van der Waals surface area contributed by atoms with Crippen molar-refractivity contribution in [1.29, 1.82) is 0 Å².